The van der Waals surface area contributed by atoms with E-state index in [1.54, 1.807) is 0 Å². The van der Waals surface area contributed by atoms with Gasteiger partial charge in [-0.1, -0.05) is 0 Å². The Hall–Kier alpha value is -0.650. The standard InChI is InChI=1S/C8H16N2O3/c1-9-2-3-10(4-5-11)7(6-9)8(12)13/h7,11H,2-6H2,1H3,(H,12,13). The number of β-amino-alcohol motifs (C(OH)–C–C–N with tert-alkyl or cyclic N) is 1. The van der Waals surface area contributed by atoms with Crippen molar-refractivity contribution in [1.82, 2.24) is 9.80 Å². The van der Waals surface area contributed by atoms with Crippen LogP contribution in [0.3, 0.4) is 0 Å². The second-order valence-electron chi connectivity index (χ2n) is 3.38. The number of carbonyl (C=O) groups is 1. The molecule has 0 aromatic heterocycles. The zero-order valence-corrected chi connectivity index (χ0v) is 7.81. The highest BCUT2D eigenvalue weighted by atomic mass is 16.4. The molecule has 0 bridgehead atoms. The maximum atomic E-state index is 10.8. The number of nitrogens with zero attached hydrogens (tertiary/aromatic N) is 2. The smallest absolute Gasteiger partial charge is 0.322 e. The van der Waals surface area contributed by atoms with E-state index < -0.39 is 12.0 Å². The Bertz CT molecular complexity index is 186. The molecular weight excluding hydrogens is 172 g/mol. The number of likely N-dealkylation sites (N-methyl/N-ethyl adjacent to an activating group) is 1. The number of carboxylic acid groups (broad SMARTS) is 1. The molecule has 1 saturated heterocycles. The van der Waals surface area contributed by atoms with Gasteiger partial charge >= 0.3 is 5.97 Å². The Morgan fingerprint density at radius 3 is 2.77 bits per heavy atom. The summed E-state index contributed by atoms with van der Waals surface area (Å²) in [6.07, 6.45) is 0. The van der Waals surface area contributed by atoms with Crippen LogP contribution in [0, 0.1) is 0 Å². The first-order valence-electron chi connectivity index (χ1n) is 4.41. The van der Waals surface area contributed by atoms with E-state index >= 15 is 0 Å². The van der Waals surface area contributed by atoms with Crippen LogP contribution in [0.1, 0.15) is 0 Å². The molecule has 0 amide bonds. The van der Waals surface area contributed by atoms with Crippen LogP contribution in [0.5, 0.6) is 0 Å². The fourth-order valence-electron chi connectivity index (χ4n) is 1.59. The van der Waals surface area contributed by atoms with Gasteiger partial charge in [0.25, 0.3) is 0 Å². The molecule has 0 radical (unpaired) electrons. The molecule has 1 heterocycles. The van der Waals surface area contributed by atoms with Gasteiger partial charge in [0.05, 0.1) is 6.61 Å². The van der Waals surface area contributed by atoms with Crippen LogP contribution in [0.15, 0.2) is 0 Å². The number of hydrogen-bond acceptors (Lipinski definition) is 4. The van der Waals surface area contributed by atoms with Crippen LogP contribution < -0.4 is 0 Å². The first kappa shape index (κ1) is 10.4. The molecule has 5 nitrogen and oxygen atoms in total. The number of rotatable bonds is 3. The summed E-state index contributed by atoms with van der Waals surface area (Å²) in [5.74, 6) is -0.806. The Morgan fingerprint density at radius 1 is 1.54 bits per heavy atom. The van der Waals surface area contributed by atoms with Crippen molar-refractivity contribution in [2.75, 3.05) is 39.8 Å². The van der Waals surface area contributed by atoms with Crippen LogP contribution in [-0.4, -0.2) is 71.9 Å². The predicted molar refractivity (Wildman–Crippen MR) is 47.6 cm³/mol. The molecule has 5 heteroatoms. The fourth-order valence-corrected chi connectivity index (χ4v) is 1.59. The van der Waals surface area contributed by atoms with Crippen LogP contribution in [0.4, 0.5) is 0 Å². The van der Waals surface area contributed by atoms with Crippen molar-refractivity contribution in [3.8, 4) is 0 Å². The lowest BCUT2D eigenvalue weighted by Crippen LogP contribution is -2.55. The Balaban J connectivity index is 2.55. The topological polar surface area (TPSA) is 64.0 Å². The molecule has 2 N–H and O–H groups in total. The highest BCUT2D eigenvalue weighted by molar-refractivity contribution is 5.73. The first-order valence-corrected chi connectivity index (χ1v) is 4.41. The summed E-state index contributed by atoms with van der Waals surface area (Å²) in [6, 6.07) is -0.467. The minimum absolute atomic E-state index is 0.0213. The number of piperazine rings is 1. The van der Waals surface area contributed by atoms with E-state index in [0.717, 1.165) is 6.54 Å². The third-order valence-electron chi connectivity index (χ3n) is 2.37. The summed E-state index contributed by atoms with van der Waals surface area (Å²) >= 11 is 0. The molecular formula is C8H16N2O3. The molecule has 1 unspecified atom stereocenters. The highest BCUT2D eigenvalue weighted by Crippen LogP contribution is 2.07. The van der Waals surface area contributed by atoms with E-state index in [0.29, 0.717) is 19.6 Å². The summed E-state index contributed by atoms with van der Waals surface area (Å²) in [4.78, 5) is 14.6. The molecule has 1 fully saturated rings. The molecule has 76 valence electrons. The van der Waals surface area contributed by atoms with Gasteiger partial charge in [0, 0.05) is 26.2 Å². The van der Waals surface area contributed by atoms with E-state index in [4.69, 9.17) is 10.2 Å². The third kappa shape index (κ3) is 2.65. The SMILES string of the molecule is CN1CCN(CCO)C(C(=O)O)C1. The number of carboxylic acids is 1. The Kier molecular flexibility index (Phi) is 3.65. The van der Waals surface area contributed by atoms with Gasteiger partial charge < -0.3 is 15.1 Å². The summed E-state index contributed by atoms with van der Waals surface area (Å²) in [6.45, 7) is 2.59. The summed E-state index contributed by atoms with van der Waals surface area (Å²) in [7, 11) is 1.91. The van der Waals surface area contributed by atoms with Crippen molar-refractivity contribution in [3.05, 3.63) is 0 Å². The van der Waals surface area contributed by atoms with Crippen LogP contribution in [-0.2, 0) is 4.79 Å². The molecule has 1 aliphatic heterocycles. The van der Waals surface area contributed by atoms with Gasteiger partial charge in [-0.25, -0.2) is 0 Å². The van der Waals surface area contributed by atoms with Crippen molar-refractivity contribution < 1.29 is 15.0 Å². The maximum Gasteiger partial charge on any atom is 0.322 e. The molecule has 0 aromatic rings. The van der Waals surface area contributed by atoms with Crippen LogP contribution >= 0.6 is 0 Å². The number of aliphatic carboxylic acids is 1. The normalized spacial score (nSPS) is 26.2. The number of hydrogen-bond donors (Lipinski definition) is 2. The number of aliphatic hydroxyl groups excluding tert-OH is 1. The second-order valence-corrected chi connectivity index (χ2v) is 3.38. The van der Waals surface area contributed by atoms with E-state index in [2.05, 4.69) is 0 Å². The summed E-state index contributed by atoms with van der Waals surface area (Å²) in [5.41, 5.74) is 0. The summed E-state index contributed by atoms with van der Waals surface area (Å²) in [5, 5.41) is 17.6. The van der Waals surface area contributed by atoms with Crippen LogP contribution in [0.25, 0.3) is 0 Å². The third-order valence-corrected chi connectivity index (χ3v) is 2.37. The molecule has 0 spiro atoms. The van der Waals surface area contributed by atoms with Gasteiger partial charge in [-0.05, 0) is 7.05 Å². The lowest BCUT2D eigenvalue weighted by molar-refractivity contribution is -0.145. The average Bonchev–Trinajstić information content (AvgIpc) is 2.08. The monoisotopic (exact) mass is 188 g/mol. The lowest BCUT2D eigenvalue weighted by Gasteiger charge is -2.37. The Morgan fingerprint density at radius 2 is 2.23 bits per heavy atom. The van der Waals surface area contributed by atoms with Crippen molar-refractivity contribution in [3.63, 3.8) is 0 Å². The van der Waals surface area contributed by atoms with E-state index in [9.17, 15) is 4.79 Å². The van der Waals surface area contributed by atoms with Gasteiger partial charge in [-0.3, -0.25) is 9.69 Å². The molecule has 1 atom stereocenters. The maximum absolute atomic E-state index is 10.8. The van der Waals surface area contributed by atoms with Gasteiger partial charge in [-0.2, -0.15) is 0 Å². The zero-order chi connectivity index (χ0) is 9.84. The highest BCUT2D eigenvalue weighted by Gasteiger charge is 2.29. The summed E-state index contributed by atoms with van der Waals surface area (Å²) < 4.78 is 0. The van der Waals surface area contributed by atoms with Gasteiger partial charge in [-0.15, -0.1) is 0 Å². The minimum Gasteiger partial charge on any atom is -0.480 e. The van der Waals surface area contributed by atoms with Crippen molar-refractivity contribution in [2.24, 2.45) is 0 Å². The molecule has 0 saturated carbocycles. The average molecular weight is 188 g/mol. The van der Waals surface area contributed by atoms with Crippen molar-refractivity contribution >= 4 is 5.97 Å². The fraction of sp³-hybridized carbons (Fsp3) is 0.875. The number of aliphatic hydroxyl groups is 1. The minimum atomic E-state index is -0.806. The van der Waals surface area contributed by atoms with Crippen LogP contribution in [0.2, 0.25) is 0 Å². The molecule has 1 aliphatic rings. The van der Waals surface area contributed by atoms with Crippen molar-refractivity contribution in [2.45, 2.75) is 6.04 Å². The van der Waals surface area contributed by atoms with E-state index in [1.165, 1.54) is 0 Å². The predicted octanol–water partition coefficient (Wildman–Crippen LogP) is -1.32. The molecule has 0 aromatic carbocycles. The van der Waals surface area contributed by atoms with Gasteiger partial charge in [0.15, 0.2) is 0 Å². The van der Waals surface area contributed by atoms with Crippen molar-refractivity contribution in [1.29, 1.82) is 0 Å². The molecule has 1 rings (SSSR count). The molecule has 13 heavy (non-hydrogen) atoms. The molecule has 0 aliphatic carbocycles. The van der Waals surface area contributed by atoms with E-state index in [1.807, 2.05) is 16.8 Å². The Labute approximate surface area is 77.6 Å². The van der Waals surface area contributed by atoms with Gasteiger partial charge in [0.2, 0.25) is 0 Å². The van der Waals surface area contributed by atoms with E-state index in [-0.39, 0.29) is 6.61 Å². The van der Waals surface area contributed by atoms with Gasteiger partial charge in [0.1, 0.15) is 6.04 Å². The largest absolute Gasteiger partial charge is 0.480 e. The first-order chi connectivity index (χ1) is 6.15. The zero-order valence-electron chi connectivity index (χ0n) is 7.81. The lowest BCUT2D eigenvalue weighted by atomic mass is 10.2. The second kappa shape index (κ2) is 4.55. The quantitative estimate of drug-likeness (QED) is 0.575.